The van der Waals surface area contributed by atoms with Crippen LogP contribution in [0.25, 0.3) is 0 Å². The van der Waals surface area contributed by atoms with Crippen molar-refractivity contribution in [3.63, 3.8) is 0 Å². The highest BCUT2D eigenvalue weighted by atomic mass is 32.2. The Bertz CT molecular complexity index is 913. The number of carbonyl (C=O) groups excluding carboxylic acids is 1. The zero-order valence-corrected chi connectivity index (χ0v) is 15.1. The van der Waals surface area contributed by atoms with Gasteiger partial charge in [0.2, 0.25) is 0 Å². The minimum absolute atomic E-state index is 0.00585. The van der Waals surface area contributed by atoms with Crippen LogP contribution in [-0.4, -0.2) is 20.9 Å². The van der Waals surface area contributed by atoms with E-state index in [0.717, 1.165) is 5.56 Å². The maximum atomic E-state index is 12.6. The fourth-order valence-electron chi connectivity index (χ4n) is 2.48. The average molecular weight is 360 g/mol. The summed E-state index contributed by atoms with van der Waals surface area (Å²) in [6, 6.07) is 11.6. The molecule has 1 aliphatic rings. The Morgan fingerprint density at radius 2 is 1.76 bits per heavy atom. The van der Waals surface area contributed by atoms with Gasteiger partial charge in [-0.3, -0.25) is 9.52 Å². The summed E-state index contributed by atoms with van der Waals surface area (Å²) in [6.07, 6.45) is 0. The minimum atomic E-state index is -3.77. The van der Waals surface area contributed by atoms with E-state index >= 15 is 0 Å². The number of amides is 1. The third-order valence-electron chi connectivity index (χ3n) is 3.90. The lowest BCUT2D eigenvalue weighted by atomic mass is 9.87. The Morgan fingerprint density at radius 3 is 2.40 bits per heavy atom. The zero-order valence-electron chi connectivity index (χ0n) is 14.3. The number of hydrogen-bond acceptors (Lipinski definition) is 4. The smallest absolute Gasteiger partial charge is 0.262 e. The van der Waals surface area contributed by atoms with Gasteiger partial charge in [-0.15, -0.1) is 0 Å². The number of carbonyl (C=O) groups is 1. The molecule has 2 aromatic carbocycles. The van der Waals surface area contributed by atoms with Crippen LogP contribution in [0.2, 0.25) is 0 Å². The minimum Gasteiger partial charge on any atom is -0.482 e. The topological polar surface area (TPSA) is 84.5 Å². The number of anilines is 2. The van der Waals surface area contributed by atoms with E-state index in [2.05, 4.69) is 30.8 Å². The summed E-state index contributed by atoms with van der Waals surface area (Å²) in [7, 11) is -3.77. The van der Waals surface area contributed by atoms with Gasteiger partial charge < -0.3 is 10.1 Å². The molecular weight excluding hydrogens is 340 g/mol. The Balaban J connectivity index is 1.85. The van der Waals surface area contributed by atoms with Gasteiger partial charge in [-0.25, -0.2) is 8.42 Å². The summed E-state index contributed by atoms with van der Waals surface area (Å²) >= 11 is 0. The van der Waals surface area contributed by atoms with Crippen molar-refractivity contribution in [3.05, 3.63) is 48.0 Å². The van der Waals surface area contributed by atoms with Gasteiger partial charge in [0.05, 0.1) is 10.6 Å². The first-order valence-electron chi connectivity index (χ1n) is 7.85. The number of nitrogens with one attached hydrogen (secondary N) is 2. The predicted octanol–water partition coefficient (Wildman–Crippen LogP) is 3.12. The van der Waals surface area contributed by atoms with Crippen molar-refractivity contribution in [2.75, 3.05) is 16.6 Å². The van der Waals surface area contributed by atoms with Gasteiger partial charge >= 0.3 is 0 Å². The molecule has 0 atom stereocenters. The highest BCUT2D eigenvalue weighted by Gasteiger charge is 2.21. The summed E-state index contributed by atoms with van der Waals surface area (Å²) in [6.45, 7) is 6.21. The van der Waals surface area contributed by atoms with Crippen LogP contribution < -0.4 is 14.8 Å². The molecule has 0 saturated heterocycles. The van der Waals surface area contributed by atoms with Gasteiger partial charge in [0, 0.05) is 5.69 Å². The van der Waals surface area contributed by atoms with E-state index in [1.54, 1.807) is 12.1 Å². The molecule has 2 N–H and O–H groups in total. The molecule has 0 aliphatic carbocycles. The molecule has 0 fully saturated rings. The van der Waals surface area contributed by atoms with Crippen LogP contribution >= 0.6 is 0 Å². The number of ether oxygens (including phenoxy) is 1. The lowest BCUT2D eigenvalue weighted by Gasteiger charge is -2.20. The molecule has 1 amide bonds. The molecule has 0 spiro atoms. The van der Waals surface area contributed by atoms with Crippen LogP contribution in [0.15, 0.2) is 47.4 Å². The van der Waals surface area contributed by atoms with Crippen LogP contribution in [0, 0.1) is 0 Å². The van der Waals surface area contributed by atoms with Crippen molar-refractivity contribution in [2.24, 2.45) is 0 Å². The van der Waals surface area contributed by atoms with Gasteiger partial charge in [0.1, 0.15) is 5.75 Å². The summed E-state index contributed by atoms with van der Waals surface area (Å²) in [5.74, 6) is 0.140. The lowest BCUT2D eigenvalue weighted by Crippen LogP contribution is -2.25. The van der Waals surface area contributed by atoms with Gasteiger partial charge in [-0.1, -0.05) is 32.9 Å². The molecule has 25 heavy (non-hydrogen) atoms. The molecule has 6 nitrogen and oxygen atoms in total. The first-order chi connectivity index (χ1) is 11.6. The van der Waals surface area contributed by atoms with Crippen molar-refractivity contribution in [1.29, 1.82) is 0 Å². The molecule has 0 saturated carbocycles. The van der Waals surface area contributed by atoms with E-state index in [1.165, 1.54) is 18.2 Å². The van der Waals surface area contributed by atoms with Crippen molar-refractivity contribution >= 4 is 27.3 Å². The summed E-state index contributed by atoms with van der Waals surface area (Å²) < 4.78 is 33.0. The summed E-state index contributed by atoms with van der Waals surface area (Å²) in [5, 5.41) is 2.60. The Hall–Kier alpha value is -2.54. The Labute approximate surface area is 147 Å². The molecule has 1 heterocycles. The van der Waals surface area contributed by atoms with E-state index in [0.29, 0.717) is 17.1 Å². The number of benzene rings is 2. The third kappa shape index (κ3) is 3.76. The predicted molar refractivity (Wildman–Crippen MR) is 96.5 cm³/mol. The molecular formula is C18H20N2O4S. The summed E-state index contributed by atoms with van der Waals surface area (Å²) in [5.41, 5.74) is 1.94. The molecule has 0 bridgehead atoms. The normalized spacial score (nSPS) is 14.3. The molecule has 0 unspecified atom stereocenters. The van der Waals surface area contributed by atoms with Gasteiger partial charge in [0.25, 0.3) is 15.9 Å². The van der Waals surface area contributed by atoms with Crippen molar-refractivity contribution < 1.29 is 17.9 Å². The average Bonchev–Trinajstić information content (AvgIpc) is 2.53. The number of hydrogen-bond donors (Lipinski definition) is 2. The number of sulfonamides is 1. The second kappa shape index (κ2) is 6.07. The molecule has 1 aliphatic heterocycles. The van der Waals surface area contributed by atoms with Crippen LogP contribution in [0.1, 0.15) is 26.3 Å². The molecule has 7 heteroatoms. The largest absolute Gasteiger partial charge is 0.482 e. The standard InChI is InChI=1S/C18H20N2O4S/c1-18(2,3)12-4-6-13(7-5-12)20-25(22,23)14-8-9-16-15(10-14)19-17(21)11-24-16/h4-10,20H,11H2,1-3H3,(H,19,21). The second-order valence-electron chi connectivity index (χ2n) is 6.93. The Kier molecular flexibility index (Phi) is 4.20. The Morgan fingerprint density at radius 1 is 1.08 bits per heavy atom. The van der Waals surface area contributed by atoms with E-state index < -0.39 is 10.0 Å². The quantitative estimate of drug-likeness (QED) is 0.881. The van der Waals surface area contributed by atoms with Crippen LogP contribution in [-0.2, 0) is 20.2 Å². The fraction of sp³-hybridized carbons (Fsp3) is 0.278. The maximum absolute atomic E-state index is 12.6. The van der Waals surface area contributed by atoms with E-state index in [1.807, 2.05) is 12.1 Å². The van der Waals surface area contributed by atoms with Crippen molar-refractivity contribution in [1.82, 2.24) is 0 Å². The first kappa shape index (κ1) is 17.3. The van der Waals surface area contributed by atoms with Gasteiger partial charge in [0.15, 0.2) is 6.61 Å². The monoisotopic (exact) mass is 360 g/mol. The molecule has 2 aromatic rings. The van der Waals surface area contributed by atoms with Crippen LogP contribution in [0.3, 0.4) is 0 Å². The lowest BCUT2D eigenvalue weighted by molar-refractivity contribution is -0.118. The fourth-order valence-corrected chi connectivity index (χ4v) is 3.57. The maximum Gasteiger partial charge on any atom is 0.262 e. The van der Waals surface area contributed by atoms with Crippen LogP contribution in [0.5, 0.6) is 5.75 Å². The first-order valence-corrected chi connectivity index (χ1v) is 9.33. The molecule has 132 valence electrons. The summed E-state index contributed by atoms with van der Waals surface area (Å²) in [4.78, 5) is 11.4. The highest BCUT2D eigenvalue weighted by molar-refractivity contribution is 7.92. The number of fused-ring (bicyclic) bond motifs is 1. The van der Waals surface area contributed by atoms with Crippen molar-refractivity contribution in [2.45, 2.75) is 31.1 Å². The second-order valence-corrected chi connectivity index (χ2v) is 8.61. The third-order valence-corrected chi connectivity index (χ3v) is 5.28. The van der Waals surface area contributed by atoms with Crippen molar-refractivity contribution in [3.8, 4) is 5.75 Å². The molecule has 0 aromatic heterocycles. The molecule has 0 radical (unpaired) electrons. The zero-order chi connectivity index (χ0) is 18.2. The molecule has 3 rings (SSSR count). The van der Waals surface area contributed by atoms with Gasteiger partial charge in [-0.05, 0) is 41.3 Å². The van der Waals surface area contributed by atoms with Crippen LogP contribution in [0.4, 0.5) is 11.4 Å². The van der Waals surface area contributed by atoms with E-state index in [4.69, 9.17) is 4.74 Å². The number of rotatable bonds is 3. The van der Waals surface area contributed by atoms with E-state index in [9.17, 15) is 13.2 Å². The van der Waals surface area contributed by atoms with Gasteiger partial charge in [-0.2, -0.15) is 0 Å². The highest BCUT2D eigenvalue weighted by Crippen LogP contribution is 2.31. The van der Waals surface area contributed by atoms with E-state index in [-0.39, 0.29) is 22.8 Å². The SMILES string of the molecule is CC(C)(C)c1ccc(NS(=O)(=O)c2ccc3c(c2)NC(=O)CO3)cc1.